The van der Waals surface area contributed by atoms with Gasteiger partial charge in [-0.15, -0.1) is 0 Å². The topological polar surface area (TPSA) is 0 Å². The van der Waals surface area contributed by atoms with Gasteiger partial charge in [-0.2, -0.15) is 0 Å². The number of hydrogen-bond acceptors (Lipinski definition) is 0. The van der Waals surface area contributed by atoms with Crippen LogP contribution in [0.25, 0.3) is 65.7 Å². The Hall–Kier alpha value is -4.46. The lowest BCUT2D eigenvalue weighted by Crippen LogP contribution is -2.37. The van der Waals surface area contributed by atoms with Crippen LogP contribution in [0.1, 0.15) is 6.85 Å². The highest BCUT2D eigenvalue weighted by Gasteiger charge is 2.22. The van der Waals surface area contributed by atoms with Crippen LogP contribution in [0.4, 0.5) is 0 Å². The second-order valence-corrected chi connectivity index (χ2v) is 16.5. The normalized spacial score (nSPS) is 13.6. The Morgan fingerprint density at radius 1 is 0.450 bits per heavy atom. The first-order valence-electron chi connectivity index (χ1n) is 16.2. The Bertz CT molecular complexity index is 2270. The van der Waals surface area contributed by atoms with Crippen LogP contribution in [0.15, 0.2) is 139 Å². The van der Waals surface area contributed by atoms with E-state index >= 15 is 0 Å². The highest BCUT2D eigenvalue weighted by atomic mass is 28.3. The van der Waals surface area contributed by atoms with Gasteiger partial charge in [-0.1, -0.05) is 164 Å². The lowest BCUT2D eigenvalue weighted by molar-refractivity contribution is 1.64. The Kier molecular flexibility index (Phi) is 4.71. The molecule has 0 aliphatic rings. The zero-order valence-electron chi connectivity index (χ0n) is 27.9. The molecule has 0 aliphatic heterocycles. The molecule has 7 rings (SSSR count). The summed E-state index contributed by atoms with van der Waals surface area (Å²) in [5.41, 5.74) is 5.43. The summed E-state index contributed by atoms with van der Waals surface area (Å²) in [5, 5.41) is 7.91. The molecule has 0 aromatic heterocycles. The summed E-state index contributed by atoms with van der Waals surface area (Å²) in [6, 6.07) is 36.8. The van der Waals surface area contributed by atoms with Gasteiger partial charge in [-0.3, -0.25) is 0 Å². The molecule has 0 unspecified atom stereocenters. The fourth-order valence-electron chi connectivity index (χ4n) is 5.98. The molecule has 0 N–H and O–H groups in total. The van der Waals surface area contributed by atoms with E-state index in [1.807, 2.05) is 24.3 Å². The Balaban J connectivity index is 1.63. The van der Waals surface area contributed by atoms with E-state index in [-0.39, 0.29) is 35.8 Å². The fourth-order valence-corrected chi connectivity index (χ4v) is 7.14. The van der Waals surface area contributed by atoms with E-state index in [1.165, 1.54) is 27.1 Å². The monoisotopic (exact) mass is 533 g/mol. The predicted octanol–water partition coefficient (Wildman–Crippen LogP) is 10.7. The van der Waals surface area contributed by atoms with Crippen molar-refractivity contribution in [2.75, 3.05) is 0 Å². The summed E-state index contributed by atoms with van der Waals surface area (Å²) in [4.78, 5) is 0. The molecule has 0 aliphatic carbocycles. The summed E-state index contributed by atoms with van der Waals surface area (Å²) in [6.07, 6.45) is 0. The van der Waals surface area contributed by atoms with Gasteiger partial charge < -0.3 is 0 Å². The number of rotatable bonds is 4. The predicted molar refractivity (Wildman–Crippen MR) is 178 cm³/mol. The van der Waals surface area contributed by atoms with Crippen LogP contribution in [0, 0.1) is 0 Å². The maximum absolute atomic E-state index is 8.69. The third-order valence-corrected chi connectivity index (χ3v) is 9.96. The van der Waals surface area contributed by atoms with Crippen molar-refractivity contribution >= 4 is 45.6 Å². The van der Waals surface area contributed by atoms with Gasteiger partial charge in [0, 0.05) is 0 Å². The smallest absolute Gasteiger partial charge is 0.0656 e. The standard InChI is InChI=1S/C39H32Si/c1-40(2,3)29-24-25-36-37(26-29)38(28-16-8-5-9-17-28)34-18-10-11-19-35(34)39(36)33-23-13-21-31-30(20-12-22-32(31)33)27-14-6-4-7-15-27/h4-26H,1-3H3/i4D,6D,7D,14D,15D. The van der Waals surface area contributed by atoms with E-state index < -0.39 is 8.07 Å². The first-order chi connectivity index (χ1) is 21.6. The van der Waals surface area contributed by atoms with Gasteiger partial charge in [0.15, 0.2) is 0 Å². The molecule has 40 heavy (non-hydrogen) atoms. The molecule has 7 aromatic rings. The van der Waals surface area contributed by atoms with Crippen molar-refractivity contribution in [3.63, 3.8) is 0 Å². The van der Waals surface area contributed by atoms with Gasteiger partial charge in [-0.25, -0.2) is 0 Å². The molecule has 192 valence electrons. The van der Waals surface area contributed by atoms with Gasteiger partial charge in [0.25, 0.3) is 0 Å². The SMILES string of the molecule is [2H]c1c([2H])c([2H])c(-c2cccc3c(-c4c5ccccc5c(-c5ccccc5)c5cc([Si](C)(C)C)ccc45)cccc23)c([2H])c1[2H]. The van der Waals surface area contributed by atoms with E-state index in [4.69, 9.17) is 6.85 Å². The quantitative estimate of drug-likeness (QED) is 0.156. The fraction of sp³-hybridized carbons (Fsp3) is 0.0769. The first-order valence-corrected chi connectivity index (χ1v) is 17.2. The second kappa shape index (κ2) is 9.62. The minimum absolute atomic E-state index is 0.194. The van der Waals surface area contributed by atoms with Gasteiger partial charge in [0.2, 0.25) is 0 Å². The molecular formula is C39H32Si. The third kappa shape index (κ3) is 4.06. The molecule has 0 heterocycles. The average molecular weight is 534 g/mol. The van der Waals surface area contributed by atoms with Crippen molar-refractivity contribution < 1.29 is 6.85 Å². The summed E-state index contributed by atoms with van der Waals surface area (Å²) in [6.45, 7) is 7.14. The Labute approximate surface area is 244 Å². The molecule has 0 amide bonds. The molecule has 7 aromatic carbocycles. The zero-order valence-corrected chi connectivity index (χ0v) is 23.9. The van der Waals surface area contributed by atoms with Gasteiger partial charge in [-0.05, 0) is 65.7 Å². The summed E-state index contributed by atoms with van der Waals surface area (Å²) < 4.78 is 42.1. The highest BCUT2D eigenvalue weighted by Crippen LogP contribution is 2.45. The summed E-state index contributed by atoms with van der Waals surface area (Å²) in [5.74, 6) is 0. The van der Waals surface area contributed by atoms with Gasteiger partial charge in [0.1, 0.15) is 0 Å². The van der Waals surface area contributed by atoms with Crippen molar-refractivity contribution in [2.45, 2.75) is 19.6 Å². The van der Waals surface area contributed by atoms with Crippen LogP contribution in [0.5, 0.6) is 0 Å². The minimum Gasteiger partial charge on any atom is -0.0656 e. The average Bonchev–Trinajstić information content (AvgIpc) is 3.05. The number of hydrogen-bond donors (Lipinski definition) is 0. The number of benzene rings is 7. The molecule has 0 saturated carbocycles. The lowest BCUT2D eigenvalue weighted by atomic mass is 9.84. The molecular weight excluding hydrogens is 497 g/mol. The third-order valence-electron chi connectivity index (χ3n) is 7.91. The number of fused-ring (bicyclic) bond motifs is 3. The molecule has 0 saturated heterocycles. The molecule has 0 radical (unpaired) electrons. The van der Waals surface area contributed by atoms with Crippen LogP contribution in [-0.2, 0) is 0 Å². The lowest BCUT2D eigenvalue weighted by Gasteiger charge is -2.22. The molecule has 0 bridgehead atoms. The van der Waals surface area contributed by atoms with Crippen molar-refractivity contribution in [1.29, 1.82) is 0 Å². The Morgan fingerprint density at radius 2 is 1.02 bits per heavy atom. The van der Waals surface area contributed by atoms with Crippen molar-refractivity contribution in [3.8, 4) is 33.4 Å². The molecule has 0 atom stereocenters. The molecule has 0 fully saturated rings. The Morgan fingerprint density at radius 3 is 1.73 bits per heavy atom. The second-order valence-electron chi connectivity index (χ2n) is 11.4. The molecule has 0 spiro atoms. The van der Waals surface area contributed by atoms with Crippen LogP contribution in [-0.4, -0.2) is 8.07 Å². The summed E-state index contributed by atoms with van der Waals surface area (Å²) >= 11 is 0. The van der Waals surface area contributed by atoms with Crippen molar-refractivity contribution in [3.05, 3.63) is 139 Å². The largest absolute Gasteiger partial charge is 0.0776 e. The van der Waals surface area contributed by atoms with E-state index in [0.29, 0.717) is 5.56 Å². The van der Waals surface area contributed by atoms with E-state index in [2.05, 4.69) is 105 Å². The maximum Gasteiger partial charge on any atom is 0.0776 e. The van der Waals surface area contributed by atoms with Crippen molar-refractivity contribution in [2.24, 2.45) is 0 Å². The van der Waals surface area contributed by atoms with Crippen molar-refractivity contribution in [1.82, 2.24) is 0 Å². The highest BCUT2D eigenvalue weighted by molar-refractivity contribution is 6.88. The van der Waals surface area contributed by atoms with Gasteiger partial charge in [0.05, 0.1) is 14.9 Å². The molecule has 0 nitrogen and oxygen atoms in total. The van der Waals surface area contributed by atoms with Crippen LogP contribution >= 0.6 is 0 Å². The minimum atomic E-state index is -1.63. The van der Waals surface area contributed by atoms with E-state index in [0.717, 1.165) is 32.7 Å². The van der Waals surface area contributed by atoms with Crippen LogP contribution in [0.2, 0.25) is 19.6 Å². The van der Waals surface area contributed by atoms with Crippen LogP contribution in [0.3, 0.4) is 0 Å². The van der Waals surface area contributed by atoms with E-state index in [1.54, 1.807) is 0 Å². The zero-order chi connectivity index (χ0) is 31.6. The van der Waals surface area contributed by atoms with E-state index in [9.17, 15) is 0 Å². The first kappa shape index (κ1) is 19.6. The molecule has 1 heteroatoms. The maximum atomic E-state index is 8.69. The van der Waals surface area contributed by atoms with Crippen LogP contribution < -0.4 is 5.19 Å². The van der Waals surface area contributed by atoms with Gasteiger partial charge >= 0.3 is 0 Å². The summed E-state index contributed by atoms with van der Waals surface area (Å²) in [7, 11) is -1.63.